The van der Waals surface area contributed by atoms with E-state index < -0.39 is 0 Å². The highest BCUT2D eigenvalue weighted by Gasteiger charge is 2.25. The van der Waals surface area contributed by atoms with E-state index in [9.17, 15) is 0 Å². The molecule has 0 unspecified atom stereocenters. The fourth-order valence-electron chi connectivity index (χ4n) is 3.83. The fourth-order valence-corrected chi connectivity index (χ4v) is 3.83. The fraction of sp³-hybridized carbons (Fsp3) is 0.667. The van der Waals surface area contributed by atoms with Gasteiger partial charge in [0.25, 0.3) is 0 Å². The Morgan fingerprint density at radius 2 is 1.95 bits per heavy atom. The molecule has 1 N–H and O–H groups in total. The van der Waals surface area contributed by atoms with Gasteiger partial charge >= 0.3 is 0 Å². The summed E-state index contributed by atoms with van der Waals surface area (Å²) in [6.07, 6.45) is 9.59. The summed E-state index contributed by atoms with van der Waals surface area (Å²) in [4.78, 5) is 11.9. The Hall–Kier alpha value is -1.42. The molecule has 1 saturated heterocycles. The third-order valence-corrected chi connectivity index (χ3v) is 4.99. The SMILES string of the molecule is C=CCN(c1cc(C2CCNCC2)nc(C)n1)C1CCCC1. The summed E-state index contributed by atoms with van der Waals surface area (Å²) in [5.74, 6) is 2.58. The van der Waals surface area contributed by atoms with Crippen LogP contribution in [0.4, 0.5) is 5.82 Å². The van der Waals surface area contributed by atoms with Crippen LogP contribution in [0.3, 0.4) is 0 Å². The van der Waals surface area contributed by atoms with Crippen molar-refractivity contribution in [2.24, 2.45) is 0 Å². The van der Waals surface area contributed by atoms with E-state index >= 15 is 0 Å². The average molecular weight is 300 g/mol. The molecule has 120 valence electrons. The van der Waals surface area contributed by atoms with E-state index in [1.54, 1.807) is 0 Å². The van der Waals surface area contributed by atoms with Crippen LogP contribution in [-0.4, -0.2) is 35.6 Å². The molecule has 2 heterocycles. The molecular weight excluding hydrogens is 272 g/mol. The zero-order chi connectivity index (χ0) is 15.4. The van der Waals surface area contributed by atoms with E-state index in [1.165, 1.54) is 44.2 Å². The van der Waals surface area contributed by atoms with Crippen molar-refractivity contribution >= 4 is 5.82 Å². The van der Waals surface area contributed by atoms with Crippen molar-refractivity contribution in [2.45, 2.75) is 57.4 Å². The van der Waals surface area contributed by atoms with Gasteiger partial charge in [0.15, 0.2) is 0 Å². The van der Waals surface area contributed by atoms with Gasteiger partial charge in [-0.1, -0.05) is 18.9 Å². The van der Waals surface area contributed by atoms with Gasteiger partial charge in [-0.2, -0.15) is 0 Å². The molecule has 3 rings (SSSR count). The topological polar surface area (TPSA) is 41.0 Å². The summed E-state index contributed by atoms with van der Waals surface area (Å²) in [5, 5.41) is 3.43. The van der Waals surface area contributed by atoms with Gasteiger partial charge < -0.3 is 10.2 Å². The molecular formula is C18H28N4. The summed E-state index contributed by atoms with van der Waals surface area (Å²) < 4.78 is 0. The normalized spacial score (nSPS) is 20.2. The van der Waals surface area contributed by atoms with Crippen molar-refractivity contribution in [1.82, 2.24) is 15.3 Å². The van der Waals surface area contributed by atoms with Gasteiger partial charge in [0, 0.05) is 30.3 Å². The number of rotatable bonds is 5. The van der Waals surface area contributed by atoms with Gasteiger partial charge in [-0.25, -0.2) is 9.97 Å². The van der Waals surface area contributed by atoms with E-state index in [2.05, 4.69) is 22.9 Å². The lowest BCUT2D eigenvalue weighted by Gasteiger charge is -2.30. The molecule has 1 aliphatic carbocycles. The lowest BCUT2D eigenvalue weighted by Crippen LogP contribution is -2.34. The minimum Gasteiger partial charge on any atom is -0.350 e. The minimum absolute atomic E-state index is 0.579. The van der Waals surface area contributed by atoms with Crippen molar-refractivity contribution in [3.8, 4) is 0 Å². The van der Waals surface area contributed by atoms with E-state index in [1.807, 2.05) is 13.0 Å². The first-order valence-electron chi connectivity index (χ1n) is 8.72. The third-order valence-electron chi connectivity index (χ3n) is 4.99. The second kappa shape index (κ2) is 7.23. The molecule has 1 saturated carbocycles. The van der Waals surface area contributed by atoms with Crippen LogP contribution in [0.1, 0.15) is 56.0 Å². The summed E-state index contributed by atoms with van der Waals surface area (Å²) in [7, 11) is 0. The molecule has 4 nitrogen and oxygen atoms in total. The van der Waals surface area contributed by atoms with Crippen molar-refractivity contribution in [3.05, 3.63) is 30.2 Å². The second-order valence-corrected chi connectivity index (χ2v) is 6.60. The maximum absolute atomic E-state index is 4.74. The van der Waals surface area contributed by atoms with E-state index in [0.29, 0.717) is 12.0 Å². The minimum atomic E-state index is 0.579. The van der Waals surface area contributed by atoms with Gasteiger partial charge in [0.1, 0.15) is 11.6 Å². The van der Waals surface area contributed by atoms with Gasteiger partial charge in [0.05, 0.1) is 0 Å². The predicted octanol–water partition coefficient (Wildman–Crippen LogP) is 3.19. The first kappa shape index (κ1) is 15.5. The largest absolute Gasteiger partial charge is 0.350 e. The summed E-state index contributed by atoms with van der Waals surface area (Å²) in [6, 6.07) is 2.86. The smallest absolute Gasteiger partial charge is 0.133 e. The number of hydrogen-bond donors (Lipinski definition) is 1. The molecule has 1 aromatic rings. The molecule has 4 heteroatoms. The lowest BCUT2D eigenvalue weighted by molar-refractivity contribution is 0.452. The highest BCUT2D eigenvalue weighted by Crippen LogP contribution is 2.30. The predicted molar refractivity (Wildman–Crippen MR) is 91.4 cm³/mol. The molecule has 0 radical (unpaired) electrons. The van der Waals surface area contributed by atoms with Crippen LogP contribution < -0.4 is 10.2 Å². The van der Waals surface area contributed by atoms with Gasteiger partial charge in [-0.15, -0.1) is 6.58 Å². The number of aryl methyl sites for hydroxylation is 1. The van der Waals surface area contributed by atoms with Crippen molar-refractivity contribution in [1.29, 1.82) is 0 Å². The van der Waals surface area contributed by atoms with Crippen LogP contribution in [0.15, 0.2) is 18.7 Å². The van der Waals surface area contributed by atoms with Gasteiger partial charge in [0.2, 0.25) is 0 Å². The average Bonchev–Trinajstić information content (AvgIpc) is 3.07. The molecule has 0 spiro atoms. The molecule has 0 atom stereocenters. The number of aromatic nitrogens is 2. The van der Waals surface area contributed by atoms with E-state index in [-0.39, 0.29) is 0 Å². The zero-order valence-electron chi connectivity index (χ0n) is 13.7. The van der Waals surface area contributed by atoms with Crippen LogP contribution in [0.5, 0.6) is 0 Å². The Morgan fingerprint density at radius 3 is 2.64 bits per heavy atom. The molecule has 2 aliphatic rings. The zero-order valence-corrected chi connectivity index (χ0v) is 13.7. The monoisotopic (exact) mass is 300 g/mol. The summed E-state index contributed by atoms with van der Waals surface area (Å²) in [6.45, 7) is 9.04. The Labute approximate surface area is 134 Å². The highest BCUT2D eigenvalue weighted by atomic mass is 15.2. The first-order chi connectivity index (χ1) is 10.8. The van der Waals surface area contributed by atoms with Crippen LogP contribution in [0, 0.1) is 6.92 Å². The number of hydrogen-bond acceptors (Lipinski definition) is 4. The molecule has 0 aromatic carbocycles. The van der Waals surface area contributed by atoms with Crippen LogP contribution in [0.2, 0.25) is 0 Å². The number of anilines is 1. The molecule has 0 bridgehead atoms. The third kappa shape index (κ3) is 3.49. The molecule has 1 aromatic heterocycles. The van der Waals surface area contributed by atoms with E-state index in [0.717, 1.165) is 31.3 Å². The molecule has 0 amide bonds. The molecule has 2 fully saturated rings. The quantitative estimate of drug-likeness (QED) is 0.848. The van der Waals surface area contributed by atoms with Crippen molar-refractivity contribution < 1.29 is 0 Å². The Balaban J connectivity index is 1.86. The van der Waals surface area contributed by atoms with Crippen molar-refractivity contribution in [3.63, 3.8) is 0 Å². The van der Waals surface area contributed by atoms with E-state index in [4.69, 9.17) is 9.97 Å². The van der Waals surface area contributed by atoms with Gasteiger partial charge in [-0.3, -0.25) is 0 Å². The Morgan fingerprint density at radius 1 is 1.23 bits per heavy atom. The summed E-state index contributed by atoms with van der Waals surface area (Å²) >= 11 is 0. The first-order valence-corrected chi connectivity index (χ1v) is 8.72. The number of nitrogens with zero attached hydrogens (tertiary/aromatic N) is 3. The van der Waals surface area contributed by atoms with Crippen LogP contribution in [-0.2, 0) is 0 Å². The standard InChI is InChI=1S/C18H28N4/c1-3-12-22(16-6-4-5-7-16)18-13-17(20-14(2)21-18)15-8-10-19-11-9-15/h3,13,15-16,19H,1,4-12H2,2H3. The molecule has 1 aliphatic heterocycles. The highest BCUT2D eigenvalue weighted by molar-refractivity contribution is 5.43. The number of piperidine rings is 1. The van der Waals surface area contributed by atoms with Gasteiger partial charge in [-0.05, 0) is 45.7 Å². The number of nitrogens with one attached hydrogen (secondary N) is 1. The summed E-state index contributed by atoms with van der Waals surface area (Å²) in [5.41, 5.74) is 1.23. The Bertz CT molecular complexity index is 502. The maximum atomic E-state index is 4.74. The lowest BCUT2D eigenvalue weighted by atomic mass is 9.94. The molecule has 22 heavy (non-hydrogen) atoms. The van der Waals surface area contributed by atoms with Crippen molar-refractivity contribution in [2.75, 3.05) is 24.5 Å². The second-order valence-electron chi connectivity index (χ2n) is 6.60. The maximum Gasteiger partial charge on any atom is 0.133 e. The Kier molecular flexibility index (Phi) is 5.08. The van der Waals surface area contributed by atoms with Crippen LogP contribution in [0.25, 0.3) is 0 Å². The van der Waals surface area contributed by atoms with Crippen LogP contribution >= 0.6 is 0 Å².